The SMILES string of the molecule is O=C1N=C2C=CC=CN2C1=CC=Cc1c(OO)nc2n1C=CCC2. The highest BCUT2D eigenvalue weighted by atomic mass is 17.1. The molecule has 4 heterocycles. The minimum Gasteiger partial charge on any atom is -0.317 e. The van der Waals surface area contributed by atoms with Gasteiger partial charge in [0.25, 0.3) is 11.8 Å². The molecule has 1 aromatic heterocycles. The van der Waals surface area contributed by atoms with E-state index in [1.165, 1.54) is 0 Å². The number of nitrogens with zero attached hydrogens (tertiary/aromatic N) is 4. The lowest BCUT2D eigenvalue weighted by atomic mass is 10.2. The minimum atomic E-state index is -0.292. The Morgan fingerprint density at radius 3 is 3.08 bits per heavy atom. The summed E-state index contributed by atoms with van der Waals surface area (Å²) in [7, 11) is 0. The van der Waals surface area contributed by atoms with Gasteiger partial charge < -0.3 is 9.45 Å². The molecule has 0 radical (unpaired) electrons. The minimum absolute atomic E-state index is 0.140. The first-order valence-corrected chi connectivity index (χ1v) is 7.52. The van der Waals surface area contributed by atoms with Gasteiger partial charge in [-0.15, -0.1) is 0 Å². The molecule has 120 valence electrons. The number of imidazole rings is 1. The number of hydrogen-bond acceptors (Lipinski definition) is 5. The van der Waals surface area contributed by atoms with Crippen LogP contribution < -0.4 is 4.89 Å². The van der Waals surface area contributed by atoms with Crippen molar-refractivity contribution in [2.24, 2.45) is 4.99 Å². The summed E-state index contributed by atoms with van der Waals surface area (Å²) in [5, 5.41) is 9.03. The van der Waals surface area contributed by atoms with Crippen LogP contribution in [-0.4, -0.2) is 31.5 Å². The van der Waals surface area contributed by atoms with Crippen molar-refractivity contribution >= 4 is 24.0 Å². The number of carbonyl (C=O) groups is 1. The predicted molar refractivity (Wildman–Crippen MR) is 88.8 cm³/mol. The molecule has 0 bridgehead atoms. The Hall–Kier alpha value is -3.19. The van der Waals surface area contributed by atoms with Gasteiger partial charge in [-0.2, -0.15) is 9.98 Å². The molecule has 7 heteroatoms. The lowest BCUT2D eigenvalue weighted by Gasteiger charge is -2.15. The number of rotatable bonds is 3. The maximum absolute atomic E-state index is 12.0. The lowest BCUT2D eigenvalue weighted by Crippen LogP contribution is -2.20. The Kier molecular flexibility index (Phi) is 3.47. The van der Waals surface area contributed by atoms with Gasteiger partial charge in [0, 0.05) is 18.8 Å². The van der Waals surface area contributed by atoms with Crippen LogP contribution in [0.3, 0.4) is 0 Å². The summed E-state index contributed by atoms with van der Waals surface area (Å²) >= 11 is 0. The summed E-state index contributed by atoms with van der Waals surface area (Å²) in [4.78, 5) is 26.3. The molecule has 0 unspecified atom stereocenters. The molecule has 3 aliphatic heterocycles. The maximum atomic E-state index is 12.0. The van der Waals surface area contributed by atoms with E-state index in [1.807, 2.05) is 29.0 Å². The molecule has 0 atom stereocenters. The summed E-state index contributed by atoms with van der Waals surface area (Å²) in [5.41, 5.74) is 1.07. The van der Waals surface area contributed by atoms with Gasteiger partial charge in [-0.1, -0.05) is 18.2 Å². The quantitative estimate of drug-likeness (QED) is 0.525. The molecule has 0 fully saturated rings. The van der Waals surface area contributed by atoms with Crippen molar-refractivity contribution in [3.05, 3.63) is 59.9 Å². The van der Waals surface area contributed by atoms with E-state index in [0.29, 0.717) is 17.2 Å². The van der Waals surface area contributed by atoms with Crippen LogP contribution in [0, 0.1) is 0 Å². The van der Waals surface area contributed by atoms with Crippen molar-refractivity contribution in [3.63, 3.8) is 0 Å². The van der Waals surface area contributed by atoms with E-state index in [9.17, 15) is 4.79 Å². The highest BCUT2D eigenvalue weighted by molar-refractivity contribution is 6.15. The zero-order valence-electron chi connectivity index (χ0n) is 12.7. The van der Waals surface area contributed by atoms with Gasteiger partial charge in [0.15, 0.2) is 0 Å². The zero-order valence-corrected chi connectivity index (χ0v) is 12.7. The molecule has 0 saturated heterocycles. The summed E-state index contributed by atoms with van der Waals surface area (Å²) in [5.74, 6) is 1.27. The van der Waals surface area contributed by atoms with Crippen molar-refractivity contribution in [2.45, 2.75) is 12.8 Å². The molecular weight excluding hydrogens is 308 g/mol. The number of carbonyl (C=O) groups excluding carboxylic acids is 1. The summed E-state index contributed by atoms with van der Waals surface area (Å²) in [6.45, 7) is 0. The number of amidine groups is 1. The van der Waals surface area contributed by atoms with E-state index in [2.05, 4.69) is 14.9 Å². The first-order valence-electron chi connectivity index (χ1n) is 7.52. The van der Waals surface area contributed by atoms with E-state index in [0.717, 1.165) is 18.7 Å². The number of hydrogen-bond donors (Lipinski definition) is 1. The van der Waals surface area contributed by atoms with Gasteiger partial charge >= 0.3 is 0 Å². The fraction of sp³-hybridized carbons (Fsp3) is 0.118. The fourth-order valence-corrected chi connectivity index (χ4v) is 2.80. The molecule has 1 N–H and O–H groups in total. The Bertz CT molecular complexity index is 884. The van der Waals surface area contributed by atoms with Crippen LogP contribution in [0.4, 0.5) is 0 Å². The number of aliphatic imine (C=N–C) groups is 1. The fourth-order valence-electron chi connectivity index (χ4n) is 2.80. The van der Waals surface area contributed by atoms with E-state index in [-0.39, 0.29) is 11.8 Å². The molecule has 1 aromatic rings. The largest absolute Gasteiger partial charge is 0.317 e. The third kappa shape index (κ3) is 2.31. The van der Waals surface area contributed by atoms with Gasteiger partial charge in [0.05, 0.1) is 0 Å². The maximum Gasteiger partial charge on any atom is 0.295 e. The van der Waals surface area contributed by atoms with Gasteiger partial charge in [-0.05, 0) is 30.7 Å². The highest BCUT2D eigenvalue weighted by Gasteiger charge is 2.26. The lowest BCUT2D eigenvalue weighted by molar-refractivity contribution is -0.141. The number of allylic oxidation sites excluding steroid dienone is 5. The van der Waals surface area contributed by atoms with Crippen molar-refractivity contribution in [3.8, 4) is 5.88 Å². The molecule has 0 spiro atoms. The van der Waals surface area contributed by atoms with Crippen molar-refractivity contribution in [1.82, 2.24) is 14.5 Å². The second-order valence-corrected chi connectivity index (χ2v) is 5.36. The van der Waals surface area contributed by atoms with Crippen LogP contribution in [0.1, 0.15) is 17.9 Å². The first-order chi connectivity index (χ1) is 11.8. The van der Waals surface area contributed by atoms with Gasteiger partial charge in [-0.3, -0.25) is 9.69 Å². The average molecular weight is 322 g/mol. The van der Waals surface area contributed by atoms with Crippen LogP contribution >= 0.6 is 0 Å². The third-order valence-corrected chi connectivity index (χ3v) is 3.90. The molecule has 0 saturated carbocycles. The molecule has 3 aliphatic rings. The Balaban J connectivity index is 1.64. The van der Waals surface area contributed by atoms with Crippen LogP contribution in [0.5, 0.6) is 5.88 Å². The molecule has 0 aromatic carbocycles. The molecule has 0 aliphatic carbocycles. The molecular formula is C17H14N4O3. The second kappa shape index (κ2) is 5.78. The normalized spacial score (nSPS) is 20.0. The average Bonchev–Trinajstić information content (AvgIpc) is 3.12. The van der Waals surface area contributed by atoms with Crippen molar-refractivity contribution in [2.75, 3.05) is 0 Å². The van der Waals surface area contributed by atoms with Crippen LogP contribution in [0.25, 0.3) is 12.3 Å². The number of aryl methyl sites for hydroxylation is 1. The number of aromatic nitrogens is 2. The van der Waals surface area contributed by atoms with E-state index in [4.69, 9.17) is 5.26 Å². The standard InChI is InChI=1S/C17H14N4O3/c22-16-12(20-10-3-1-8-14(20)18-16)6-5-7-13-17(24-23)19-15-9-2-4-11-21(13)15/h1,3-8,10-11,23H,2,9H2. The van der Waals surface area contributed by atoms with E-state index < -0.39 is 0 Å². The van der Waals surface area contributed by atoms with Crippen molar-refractivity contribution in [1.29, 1.82) is 0 Å². The Labute approximate surface area is 137 Å². The topological polar surface area (TPSA) is 80.0 Å². The summed E-state index contributed by atoms with van der Waals surface area (Å²) in [6, 6.07) is 0. The van der Waals surface area contributed by atoms with Gasteiger partial charge in [0.2, 0.25) is 0 Å². The molecule has 24 heavy (non-hydrogen) atoms. The Morgan fingerprint density at radius 1 is 1.29 bits per heavy atom. The highest BCUT2D eigenvalue weighted by Crippen LogP contribution is 2.25. The summed E-state index contributed by atoms with van der Waals surface area (Å²) < 4.78 is 1.85. The smallest absolute Gasteiger partial charge is 0.295 e. The van der Waals surface area contributed by atoms with Crippen molar-refractivity contribution < 1.29 is 14.9 Å². The van der Waals surface area contributed by atoms with Gasteiger partial charge in [0.1, 0.15) is 23.1 Å². The first kappa shape index (κ1) is 14.4. The van der Waals surface area contributed by atoms with Crippen LogP contribution in [0.2, 0.25) is 0 Å². The van der Waals surface area contributed by atoms with Crippen LogP contribution in [-0.2, 0) is 11.2 Å². The van der Waals surface area contributed by atoms with E-state index in [1.54, 1.807) is 35.4 Å². The predicted octanol–water partition coefficient (Wildman–Crippen LogP) is 2.37. The second-order valence-electron chi connectivity index (χ2n) is 5.36. The summed E-state index contributed by atoms with van der Waals surface area (Å²) in [6.07, 6.45) is 18.0. The van der Waals surface area contributed by atoms with E-state index >= 15 is 0 Å². The molecule has 7 nitrogen and oxygen atoms in total. The van der Waals surface area contributed by atoms with Crippen LogP contribution in [0.15, 0.2) is 53.3 Å². The Morgan fingerprint density at radius 2 is 2.21 bits per heavy atom. The van der Waals surface area contributed by atoms with Gasteiger partial charge in [-0.25, -0.2) is 5.26 Å². The molecule has 4 rings (SSSR count). The molecule has 1 amide bonds. The monoisotopic (exact) mass is 322 g/mol. The number of amides is 1. The zero-order chi connectivity index (χ0) is 16.5. The third-order valence-electron chi connectivity index (χ3n) is 3.90. The number of fused-ring (bicyclic) bond motifs is 2.